The van der Waals surface area contributed by atoms with Crippen LogP contribution in [-0.2, 0) is 0 Å². The number of fused-ring (bicyclic) bond motifs is 9. The van der Waals surface area contributed by atoms with E-state index in [9.17, 15) is 0 Å². The average Bonchev–Trinajstić information content (AvgIpc) is 3.80. The first-order valence-electron chi connectivity index (χ1n) is 18.8. The highest BCUT2D eigenvalue weighted by atomic mass is 32.1. The molecule has 0 amide bonds. The van der Waals surface area contributed by atoms with Crippen LogP contribution in [0, 0.1) is 0 Å². The Morgan fingerprint density at radius 2 is 0.857 bits per heavy atom. The van der Waals surface area contributed by atoms with E-state index in [1.807, 2.05) is 11.3 Å². The van der Waals surface area contributed by atoms with Crippen molar-refractivity contribution in [3.05, 3.63) is 182 Å². The van der Waals surface area contributed by atoms with Gasteiger partial charge in [0.25, 0.3) is 0 Å². The Morgan fingerprint density at radius 1 is 0.339 bits per heavy atom. The number of nitrogens with zero attached hydrogens (tertiary/aromatic N) is 4. The predicted molar refractivity (Wildman–Crippen MR) is 236 cm³/mol. The summed E-state index contributed by atoms with van der Waals surface area (Å²) in [5, 5.41) is 12.0. The van der Waals surface area contributed by atoms with E-state index in [0.717, 1.165) is 38.7 Å². The summed E-state index contributed by atoms with van der Waals surface area (Å²) in [6.07, 6.45) is 0. The number of hydrogen-bond donors (Lipinski definition) is 0. The molecule has 3 aromatic heterocycles. The SMILES string of the molecule is c1ccc2cc(-c3nc(-c4ccc5ccccc5c4)nc(-c4cc(-n5c6ccccc6c6cc7ccccc7cc65)c5sc6ccccc6c5c4)n3)ccc2c1. The molecule has 0 aliphatic heterocycles. The van der Waals surface area contributed by atoms with E-state index in [2.05, 4.69) is 187 Å². The largest absolute Gasteiger partial charge is 0.308 e. The fourth-order valence-corrected chi connectivity index (χ4v) is 9.63. The molecule has 0 saturated carbocycles. The van der Waals surface area contributed by atoms with Crippen molar-refractivity contribution in [1.29, 1.82) is 0 Å². The molecule has 0 N–H and O–H groups in total. The van der Waals surface area contributed by atoms with E-state index in [0.29, 0.717) is 17.5 Å². The van der Waals surface area contributed by atoms with E-state index in [1.54, 1.807) is 0 Å². The predicted octanol–water partition coefficient (Wildman–Crippen LogP) is 13.8. The molecule has 4 nitrogen and oxygen atoms in total. The van der Waals surface area contributed by atoms with Crippen molar-refractivity contribution in [3.8, 4) is 39.9 Å². The molecule has 0 radical (unpaired) electrons. The lowest BCUT2D eigenvalue weighted by Crippen LogP contribution is -2.01. The fraction of sp³-hybridized carbons (Fsp3) is 0. The van der Waals surface area contributed by atoms with Crippen LogP contribution in [0.15, 0.2) is 182 Å². The second kappa shape index (κ2) is 12.2. The highest BCUT2D eigenvalue weighted by Crippen LogP contribution is 2.44. The van der Waals surface area contributed by atoms with Crippen LogP contribution >= 0.6 is 11.3 Å². The van der Waals surface area contributed by atoms with Crippen LogP contribution in [0.25, 0.3) is 114 Å². The molecule has 0 aliphatic carbocycles. The molecule has 0 saturated heterocycles. The van der Waals surface area contributed by atoms with Crippen LogP contribution in [0.1, 0.15) is 0 Å². The van der Waals surface area contributed by atoms with Gasteiger partial charge in [-0.2, -0.15) is 0 Å². The number of aromatic nitrogens is 4. The van der Waals surface area contributed by atoms with Gasteiger partial charge in [-0.3, -0.25) is 0 Å². The Kier molecular flexibility index (Phi) is 6.76. The van der Waals surface area contributed by atoms with Gasteiger partial charge in [0.1, 0.15) is 0 Å². The molecule has 12 aromatic rings. The summed E-state index contributed by atoms with van der Waals surface area (Å²) in [4.78, 5) is 15.8. The third kappa shape index (κ3) is 4.88. The summed E-state index contributed by atoms with van der Waals surface area (Å²) in [6, 6.07) is 65.1. The third-order valence-corrected chi connectivity index (χ3v) is 12.4. The van der Waals surface area contributed by atoms with Gasteiger partial charge >= 0.3 is 0 Å². The topological polar surface area (TPSA) is 43.6 Å². The molecule has 5 heteroatoms. The molecule has 9 aromatic carbocycles. The van der Waals surface area contributed by atoms with E-state index < -0.39 is 0 Å². The summed E-state index contributed by atoms with van der Waals surface area (Å²) in [5.74, 6) is 1.92. The first-order valence-corrected chi connectivity index (χ1v) is 19.7. The lowest BCUT2D eigenvalue weighted by molar-refractivity contribution is 1.07. The summed E-state index contributed by atoms with van der Waals surface area (Å²) >= 11 is 1.84. The second-order valence-corrected chi connectivity index (χ2v) is 15.5. The quantitative estimate of drug-likeness (QED) is 0.181. The summed E-state index contributed by atoms with van der Waals surface area (Å²) in [5.41, 5.74) is 6.29. The van der Waals surface area contributed by atoms with Crippen LogP contribution in [-0.4, -0.2) is 19.5 Å². The van der Waals surface area contributed by atoms with Crippen LogP contribution in [0.4, 0.5) is 0 Å². The molecule has 0 unspecified atom stereocenters. The Hall–Kier alpha value is -7.21. The van der Waals surface area contributed by atoms with Gasteiger partial charge in [0.15, 0.2) is 17.5 Å². The summed E-state index contributed by atoms with van der Waals surface area (Å²) < 4.78 is 4.93. The van der Waals surface area contributed by atoms with Gasteiger partial charge < -0.3 is 4.57 Å². The number of thiophene rings is 1. The fourth-order valence-electron chi connectivity index (χ4n) is 8.44. The van der Waals surface area contributed by atoms with Gasteiger partial charge in [0.2, 0.25) is 0 Å². The van der Waals surface area contributed by atoms with Crippen molar-refractivity contribution in [2.24, 2.45) is 0 Å². The van der Waals surface area contributed by atoms with Crippen molar-refractivity contribution in [1.82, 2.24) is 19.5 Å². The molecular weight excluding hydrogens is 701 g/mol. The zero-order chi connectivity index (χ0) is 36.7. The zero-order valence-electron chi connectivity index (χ0n) is 30.0. The van der Waals surface area contributed by atoms with Crippen molar-refractivity contribution < 1.29 is 0 Å². The normalized spacial score (nSPS) is 11.9. The summed E-state index contributed by atoms with van der Waals surface area (Å²) in [6.45, 7) is 0. The Morgan fingerprint density at radius 3 is 1.52 bits per heavy atom. The second-order valence-electron chi connectivity index (χ2n) is 14.5. The molecule has 0 spiro atoms. The minimum Gasteiger partial charge on any atom is -0.308 e. The van der Waals surface area contributed by atoms with Crippen molar-refractivity contribution in [2.75, 3.05) is 0 Å². The summed E-state index contributed by atoms with van der Waals surface area (Å²) in [7, 11) is 0. The van der Waals surface area contributed by atoms with Gasteiger partial charge in [0, 0.05) is 42.9 Å². The number of benzene rings is 9. The number of hydrogen-bond acceptors (Lipinski definition) is 4. The maximum Gasteiger partial charge on any atom is 0.164 e. The van der Waals surface area contributed by atoms with Crippen LogP contribution < -0.4 is 0 Å². The van der Waals surface area contributed by atoms with E-state index >= 15 is 0 Å². The number of para-hydroxylation sites is 1. The zero-order valence-corrected chi connectivity index (χ0v) is 30.8. The minimum absolute atomic E-state index is 0.635. The van der Waals surface area contributed by atoms with Crippen LogP contribution in [0.2, 0.25) is 0 Å². The molecular formula is C51H30N4S. The number of rotatable bonds is 4. The van der Waals surface area contributed by atoms with E-state index in [-0.39, 0.29) is 0 Å². The van der Waals surface area contributed by atoms with Gasteiger partial charge in [-0.25, -0.2) is 15.0 Å². The van der Waals surface area contributed by atoms with Gasteiger partial charge in [-0.05, 0) is 80.8 Å². The van der Waals surface area contributed by atoms with Crippen LogP contribution in [0.5, 0.6) is 0 Å². The van der Waals surface area contributed by atoms with E-state index in [4.69, 9.17) is 15.0 Å². The third-order valence-electron chi connectivity index (χ3n) is 11.1. The molecule has 0 bridgehead atoms. The Balaban J connectivity index is 1.17. The standard InChI is InChI=1S/C51H30N4S/c1-3-13-33-25-37(23-21-31(33)11-1)49-52-50(38-24-22-32-12-2-4-14-34(32)26-38)54-51(53-49)39-28-43-41-18-8-10-20-47(41)56-48(43)46(30-39)55-44-19-9-7-17-40(44)42-27-35-15-5-6-16-36(35)29-45(42)55/h1-30H. The lowest BCUT2D eigenvalue weighted by atomic mass is 10.0. The molecule has 0 atom stereocenters. The van der Waals surface area contributed by atoms with Crippen molar-refractivity contribution in [3.63, 3.8) is 0 Å². The average molecular weight is 731 g/mol. The van der Waals surface area contributed by atoms with Crippen LogP contribution in [0.3, 0.4) is 0 Å². The molecule has 0 fully saturated rings. The smallest absolute Gasteiger partial charge is 0.164 e. The maximum atomic E-state index is 5.30. The molecule has 0 aliphatic rings. The highest BCUT2D eigenvalue weighted by Gasteiger charge is 2.21. The van der Waals surface area contributed by atoms with E-state index in [1.165, 1.54) is 58.0 Å². The molecule has 12 rings (SSSR count). The van der Waals surface area contributed by atoms with Crippen molar-refractivity contribution >= 4 is 85.6 Å². The van der Waals surface area contributed by atoms with Gasteiger partial charge in [0.05, 0.1) is 21.4 Å². The first kappa shape index (κ1) is 31.2. The molecule has 3 heterocycles. The van der Waals surface area contributed by atoms with Gasteiger partial charge in [-0.1, -0.05) is 133 Å². The van der Waals surface area contributed by atoms with Gasteiger partial charge in [-0.15, -0.1) is 11.3 Å². The Labute approximate surface area is 325 Å². The van der Waals surface area contributed by atoms with Crippen molar-refractivity contribution in [2.45, 2.75) is 0 Å². The molecule has 260 valence electrons. The maximum absolute atomic E-state index is 5.30. The lowest BCUT2D eigenvalue weighted by Gasteiger charge is -2.14. The first-order chi connectivity index (χ1) is 27.7. The molecule has 56 heavy (non-hydrogen) atoms. The highest BCUT2D eigenvalue weighted by molar-refractivity contribution is 7.26. The monoisotopic (exact) mass is 730 g/mol. The Bertz CT molecular complexity index is 3460. The minimum atomic E-state index is 0.635.